The van der Waals surface area contributed by atoms with Crippen LogP contribution in [0.2, 0.25) is 0 Å². The molecule has 0 unspecified atom stereocenters. The van der Waals surface area contributed by atoms with Crippen molar-refractivity contribution in [3.8, 4) is 0 Å². The Kier molecular flexibility index (Phi) is 5.39. The molecule has 0 heterocycles. The van der Waals surface area contributed by atoms with Crippen molar-refractivity contribution in [2.45, 2.75) is 25.4 Å². The second-order valence-corrected chi connectivity index (χ2v) is 4.18. The van der Waals surface area contributed by atoms with Gasteiger partial charge in [0.2, 0.25) is 5.91 Å². The second-order valence-electron chi connectivity index (χ2n) is 4.18. The summed E-state index contributed by atoms with van der Waals surface area (Å²) in [5, 5.41) is 3.11. The van der Waals surface area contributed by atoms with Gasteiger partial charge in [0.05, 0.1) is 6.54 Å². The van der Waals surface area contributed by atoms with Gasteiger partial charge in [-0.3, -0.25) is 4.79 Å². The predicted octanol–water partition coefficient (Wildman–Crippen LogP) is 0.970. The summed E-state index contributed by atoms with van der Waals surface area (Å²) in [7, 11) is 0. The largest absolute Gasteiger partial charge is 0.370 e. The maximum atomic E-state index is 10.9. The number of nitrogens with one attached hydrogen (secondary N) is 1. The fourth-order valence-corrected chi connectivity index (χ4v) is 1.43. The number of rotatable bonds is 4. The summed E-state index contributed by atoms with van der Waals surface area (Å²) in [5.41, 5.74) is 12.4. The van der Waals surface area contributed by atoms with Crippen LogP contribution in [0, 0.1) is 0 Å². The molecule has 1 fully saturated rings. The second kappa shape index (κ2) is 6.58. The molecule has 5 N–H and O–H groups in total. The van der Waals surface area contributed by atoms with E-state index in [1.807, 2.05) is 12.1 Å². The van der Waals surface area contributed by atoms with E-state index in [-0.39, 0.29) is 24.0 Å². The highest BCUT2D eigenvalue weighted by Crippen LogP contribution is 2.18. The molecule has 1 aromatic carbocycles. The minimum absolute atomic E-state index is 0. The normalized spacial score (nSPS) is 14.8. The molecular formula is C12H17IN4O. The van der Waals surface area contributed by atoms with Crippen LogP contribution in [0.15, 0.2) is 29.3 Å². The number of benzene rings is 1. The molecule has 0 radical (unpaired) electrons. The van der Waals surface area contributed by atoms with Gasteiger partial charge in [-0.05, 0) is 30.5 Å². The molecule has 2 rings (SSSR count). The summed E-state index contributed by atoms with van der Waals surface area (Å²) in [6.45, 7) is 0.505. The fourth-order valence-electron chi connectivity index (χ4n) is 1.43. The number of hydrogen-bond donors (Lipinski definition) is 3. The maximum Gasteiger partial charge on any atom is 0.248 e. The standard InChI is InChI=1S/C12H16N4O.HI/c13-11(17)9-3-1-8(2-4-9)7-15-12(14)16-10-5-6-10;/h1-4,10H,5-7H2,(H2,13,17)(H3,14,15,16);1H. The molecule has 1 saturated carbocycles. The number of carbonyl (C=O) groups excluding carboxylic acids is 1. The van der Waals surface area contributed by atoms with Crippen LogP contribution in [0.3, 0.4) is 0 Å². The van der Waals surface area contributed by atoms with E-state index < -0.39 is 5.91 Å². The smallest absolute Gasteiger partial charge is 0.248 e. The van der Waals surface area contributed by atoms with E-state index in [0.29, 0.717) is 24.1 Å². The summed E-state index contributed by atoms with van der Waals surface area (Å²) in [5.74, 6) is 0.0569. The average molecular weight is 360 g/mol. The Morgan fingerprint density at radius 3 is 2.39 bits per heavy atom. The number of primary amides is 1. The zero-order valence-electron chi connectivity index (χ0n) is 9.93. The fraction of sp³-hybridized carbons (Fsp3) is 0.333. The van der Waals surface area contributed by atoms with Crippen LogP contribution in [0.4, 0.5) is 0 Å². The van der Waals surface area contributed by atoms with Gasteiger partial charge in [0.1, 0.15) is 0 Å². The Labute approximate surface area is 123 Å². The lowest BCUT2D eigenvalue weighted by Crippen LogP contribution is -2.33. The van der Waals surface area contributed by atoms with Gasteiger partial charge in [-0.2, -0.15) is 0 Å². The first-order valence-corrected chi connectivity index (χ1v) is 5.60. The third kappa shape index (κ3) is 4.52. The summed E-state index contributed by atoms with van der Waals surface area (Å²) in [6, 6.07) is 7.55. The Morgan fingerprint density at radius 2 is 1.89 bits per heavy atom. The molecule has 5 nitrogen and oxygen atoms in total. The van der Waals surface area contributed by atoms with Crippen LogP contribution >= 0.6 is 24.0 Å². The van der Waals surface area contributed by atoms with Gasteiger partial charge in [-0.25, -0.2) is 4.99 Å². The molecule has 1 amide bonds. The lowest BCUT2D eigenvalue weighted by molar-refractivity contribution is 0.100. The van der Waals surface area contributed by atoms with Gasteiger partial charge in [0.25, 0.3) is 0 Å². The van der Waals surface area contributed by atoms with Crippen LogP contribution < -0.4 is 16.8 Å². The van der Waals surface area contributed by atoms with Crippen molar-refractivity contribution >= 4 is 35.8 Å². The highest BCUT2D eigenvalue weighted by Gasteiger charge is 2.21. The van der Waals surface area contributed by atoms with E-state index in [1.54, 1.807) is 12.1 Å². The van der Waals surface area contributed by atoms with Crippen LogP contribution in [0.5, 0.6) is 0 Å². The van der Waals surface area contributed by atoms with Gasteiger partial charge in [-0.15, -0.1) is 24.0 Å². The molecule has 1 aromatic rings. The number of guanidine groups is 1. The van der Waals surface area contributed by atoms with Crippen LogP contribution in [-0.2, 0) is 6.54 Å². The first kappa shape index (κ1) is 14.7. The number of aliphatic imine (C=N–C) groups is 1. The molecule has 0 aromatic heterocycles. The van der Waals surface area contributed by atoms with Gasteiger partial charge < -0.3 is 16.8 Å². The van der Waals surface area contributed by atoms with E-state index in [1.165, 1.54) is 12.8 Å². The van der Waals surface area contributed by atoms with E-state index in [2.05, 4.69) is 10.3 Å². The molecule has 0 bridgehead atoms. The monoisotopic (exact) mass is 360 g/mol. The first-order chi connectivity index (χ1) is 8.15. The van der Waals surface area contributed by atoms with Crippen LogP contribution in [-0.4, -0.2) is 17.9 Å². The lowest BCUT2D eigenvalue weighted by atomic mass is 10.1. The molecule has 0 spiro atoms. The molecule has 98 valence electrons. The highest BCUT2D eigenvalue weighted by atomic mass is 127. The van der Waals surface area contributed by atoms with E-state index in [4.69, 9.17) is 11.5 Å². The van der Waals surface area contributed by atoms with Crippen LogP contribution in [0.25, 0.3) is 0 Å². The lowest BCUT2D eigenvalue weighted by Gasteiger charge is -2.03. The van der Waals surface area contributed by atoms with E-state index >= 15 is 0 Å². The van der Waals surface area contributed by atoms with Gasteiger partial charge >= 0.3 is 0 Å². The Bertz CT molecular complexity index is 440. The topological polar surface area (TPSA) is 93.5 Å². The molecule has 1 aliphatic carbocycles. The zero-order chi connectivity index (χ0) is 12.3. The van der Waals surface area contributed by atoms with Gasteiger partial charge in [0.15, 0.2) is 5.96 Å². The van der Waals surface area contributed by atoms with Crippen molar-refractivity contribution in [1.29, 1.82) is 0 Å². The Balaban J connectivity index is 0.00000162. The molecular weight excluding hydrogens is 343 g/mol. The highest BCUT2D eigenvalue weighted by molar-refractivity contribution is 14.0. The van der Waals surface area contributed by atoms with Crippen molar-refractivity contribution in [1.82, 2.24) is 5.32 Å². The molecule has 0 aliphatic heterocycles. The predicted molar refractivity (Wildman–Crippen MR) is 81.9 cm³/mol. The molecule has 18 heavy (non-hydrogen) atoms. The third-order valence-electron chi connectivity index (χ3n) is 2.60. The van der Waals surface area contributed by atoms with Crippen molar-refractivity contribution in [3.05, 3.63) is 35.4 Å². The first-order valence-electron chi connectivity index (χ1n) is 5.60. The zero-order valence-corrected chi connectivity index (χ0v) is 12.3. The molecule has 6 heteroatoms. The van der Waals surface area contributed by atoms with Crippen molar-refractivity contribution in [3.63, 3.8) is 0 Å². The SMILES string of the molecule is I.NC(=O)c1ccc(CN=C(N)NC2CC2)cc1. The van der Waals surface area contributed by atoms with Crippen LogP contribution in [0.1, 0.15) is 28.8 Å². The number of nitrogens with zero attached hydrogens (tertiary/aromatic N) is 1. The minimum atomic E-state index is -0.421. The molecule has 1 aliphatic rings. The van der Waals surface area contributed by atoms with E-state index in [9.17, 15) is 4.79 Å². The number of hydrogen-bond acceptors (Lipinski definition) is 2. The summed E-state index contributed by atoms with van der Waals surface area (Å²) in [6.07, 6.45) is 2.34. The number of carbonyl (C=O) groups is 1. The van der Waals surface area contributed by atoms with Crippen molar-refractivity contribution in [2.24, 2.45) is 16.5 Å². The summed E-state index contributed by atoms with van der Waals surface area (Å²) < 4.78 is 0. The summed E-state index contributed by atoms with van der Waals surface area (Å²) >= 11 is 0. The number of nitrogens with two attached hydrogens (primary N) is 2. The Morgan fingerprint density at radius 1 is 1.28 bits per heavy atom. The third-order valence-corrected chi connectivity index (χ3v) is 2.60. The van der Waals surface area contributed by atoms with Crippen molar-refractivity contribution < 1.29 is 4.79 Å². The van der Waals surface area contributed by atoms with Gasteiger partial charge in [0, 0.05) is 11.6 Å². The Hall–Kier alpha value is -1.31. The maximum absolute atomic E-state index is 10.9. The number of amides is 1. The van der Waals surface area contributed by atoms with E-state index in [0.717, 1.165) is 5.56 Å². The quantitative estimate of drug-likeness (QED) is 0.424. The van der Waals surface area contributed by atoms with Gasteiger partial charge in [-0.1, -0.05) is 12.1 Å². The average Bonchev–Trinajstić information content (AvgIpc) is 3.11. The summed E-state index contributed by atoms with van der Waals surface area (Å²) in [4.78, 5) is 15.1. The van der Waals surface area contributed by atoms with Crippen molar-refractivity contribution in [2.75, 3.05) is 0 Å². The number of halogens is 1. The molecule has 0 saturated heterocycles. The minimum Gasteiger partial charge on any atom is -0.370 e. The molecule has 0 atom stereocenters.